The van der Waals surface area contributed by atoms with Gasteiger partial charge in [-0.1, -0.05) is 26.8 Å². The van der Waals surface area contributed by atoms with E-state index in [1.54, 1.807) is 5.56 Å². The largest absolute Gasteiger partial charge is 0.165 e. The van der Waals surface area contributed by atoms with Crippen LogP contribution in [0.1, 0.15) is 45.1 Å². The van der Waals surface area contributed by atoms with Gasteiger partial charge in [-0.05, 0) is 18.8 Å². The molecule has 2 aromatic carbocycles. The van der Waals surface area contributed by atoms with Crippen LogP contribution in [0.4, 0.5) is 0 Å². The maximum Gasteiger partial charge on any atom is -0.0340 e. The van der Waals surface area contributed by atoms with Crippen LogP contribution in [0.15, 0.2) is 36.4 Å². The monoisotopic (exact) mass is 405 g/mol. The van der Waals surface area contributed by atoms with Crippen molar-refractivity contribution in [3.8, 4) is 0 Å². The first-order chi connectivity index (χ1) is 9.66. The summed E-state index contributed by atoms with van der Waals surface area (Å²) in [7, 11) is 0. The molecule has 1 aliphatic carbocycles. The van der Waals surface area contributed by atoms with E-state index in [1.807, 2.05) is 20.8 Å². The van der Waals surface area contributed by atoms with Crippen LogP contribution in [0, 0.1) is 0 Å². The summed E-state index contributed by atoms with van der Waals surface area (Å²) in [4.78, 5) is 0. The van der Waals surface area contributed by atoms with Gasteiger partial charge >= 0.3 is 38.5 Å². The van der Waals surface area contributed by atoms with E-state index in [0.29, 0.717) is 0 Å². The van der Waals surface area contributed by atoms with Gasteiger partial charge in [0.05, 0.1) is 0 Å². The van der Waals surface area contributed by atoms with E-state index in [9.17, 15) is 0 Å². The number of benzene rings is 1. The van der Waals surface area contributed by atoms with Gasteiger partial charge in [-0.3, -0.25) is 0 Å². The molecule has 3 rings (SSSR count). The minimum atomic E-state index is -0.250. The standard InChI is InChI=1S/C12H11.C4H10N.C2H6Si.2ClH.Ti/c1-2-4-11-8-12(9-5-6-9)7-10(11)3-1;1-4(2,3)5;1-3-2;;;/h1-4,7-9H,5-6H2;5H,1-3H3;1-2H3;2*1H;/q2*-1;;;;+2. The van der Waals surface area contributed by atoms with Crippen molar-refractivity contribution in [2.45, 2.75) is 58.2 Å². The van der Waals surface area contributed by atoms with Crippen LogP contribution < -0.4 is 0 Å². The fourth-order valence-electron chi connectivity index (χ4n) is 1.83. The summed E-state index contributed by atoms with van der Waals surface area (Å²) in [6.45, 7) is 10.1. The number of rotatable bonds is 1. The minimum absolute atomic E-state index is 0. The zero-order valence-electron chi connectivity index (χ0n) is 14.8. The Labute approximate surface area is 166 Å². The summed E-state index contributed by atoms with van der Waals surface area (Å²) in [6.07, 6.45) is 2.92. The van der Waals surface area contributed by atoms with Gasteiger partial charge in [-0.25, -0.2) is 0 Å². The quantitative estimate of drug-likeness (QED) is 0.363. The average molecular weight is 406 g/mol. The summed E-state index contributed by atoms with van der Waals surface area (Å²) < 4.78 is 0. The topological polar surface area (TPSA) is 23.8 Å². The Morgan fingerprint density at radius 1 is 1.13 bits per heavy atom. The molecular formula is C18H29Cl2NSiTi. The fourth-order valence-corrected chi connectivity index (χ4v) is 1.83. The van der Waals surface area contributed by atoms with Crippen molar-refractivity contribution < 1.29 is 19.2 Å². The van der Waals surface area contributed by atoms with Gasteiger partial charge in [0.15, 0.2) is 0 Å². The van der Waals surface area contributed by atoms with E-state index < -0.39 is 0 Å². The summed E-state index contributed by atoms with van der Waals surface area (Å²) in [5, 5.41) is 2.80. The second-order valence-electron chi connectivity index (χ2n) is 6.94. The molecule has 0 saturated heterocycles. The van der Waals surface area contributed by atoms with Crippen LogP contribution in [-0.4, -0.2) is 11.7 Å². The average Bonchev–Trinajstić information content (AvgIpc) is 3.06. The molecule has 1 N–H and O–H groups in total. The molecule has 0 aliphatic heterocycles. The molecule has 23 heavy (non-hydrogen) atoms. The van der Waals surface area contributed by atoms with Crippen LogP contribution in [0.5, 0.6) is 0 Å². The van der Waals surface area contributed by atoms with Gasteiger partial charge in [0.25, 0.3) is 0 Å². The molecule has 1 fully saturated rings. The van der Waals surface area contributed by atoms with E-state index in [2.05, 4.69) is 68.7 Å². The second kappa shape index (κ2) is 11.8. The van der Waals surface area contributed by atoms with Crippen molar-refractivity contribution in [2.75, 3.05) is 0 Å². The molecule has 0 bridgehead atoms. The summed E-state index contributed by atoms with van der Waals surface area (Å²) in [5.41, 5.74) is 8.24. The molecule has 5 heteroatoms. The van der Waals surface area contributed by atoms with Crippen molar-refractivity contribution in [2.24, 2.45) is 0 Å². The van der Waals surface area contributed by atoms with E-state index in [4.69, 9.17) is 5.73 Å². The Hall–Kier alpha value is 0.301. The molecule has 1 aliphatic rings. The maximum atomic E-state index is 6.94. The third kappa shape index (κ3) is 13.3. The van der Waals surface area contributed by atoms with Crippen LogP contribution in [-0.2, 0) is 19.2 Å². The van der Waals surface area contributed by atoms with Gasteiger partial charge in [0.1, 0.15) is 0 Å². The maximum absolute atomic E-state index is 6.94. The van der Waals surface area contributed by atoms with Crippen molar-refractivity contribution in [1.29, 1.82) is 0 Å². The van der Waals surface area contributed by atoms with Crippen molar-refractivity contribution in [3.05, 3.63) is 47.7 Å². The van der Waals surface area contributed by atoms with Gasteiger partial charge in [-0.2, -0.15) is 6.07 Å². The van der Waals surface area contributed by atoms with Crippen LogP contribution in [0.2, 0.25) is 13.1 Å². The molecule has 0 spiro atoms. The summed E-state index contributed by atoms with van der Waals surface area (Å²) in [5.74, 6) is 0.886. The Balaban J connectivity index is 0. The number of hydrogen-bond donors (Lipinski definition) is 0. The Kier molecular flexibility index (Phi) is 13.1. The Bertz CT molecular complexity index is 543. The SMILES string of the molecule is CC(C)(C)[NH-].C[Si](C)=[Ti+2].Cl.Cl.c1ccc2[cH-]c(C3CC3)cc2c1. The number of nitrogens with one attached hydrogen (secondary N) is 1. The van der Waals surface area contributed by atoms with Gasteiger partial charge in [0.2, 0.25) is 0 Å². The first-order valence-corrected chi connectivity index (χ1v) is 12.4. The van der Waals surface area contributed by atoms with Crippen molar-refractivity contribution in [1.82, 2.24) is 0 Å². The number of fused-ring (bicyclic) bond motifs is 1. The molecular weight excluding hydrogens is 377 g/mol. The van der Waals surface area contributed by atoms with E-state index in [1.165, 1.54) is 23.6 Å². The third-order valence-corrected chi connectivity index (χ3v) is 2.69. The smallest absolute Gasteiger partial charge is 0.0340 e. The van der Waals surface area contributed by atoms with Gasteiger partial charge < -0.3 is 5.73 Å². The molecule has 0 atom stereocenters. The normalized spacial score (nSPS) is 12.7. The molecule has 2 aromatic rings. The summed E-state index contributed by atoms with van der Waals surface area (Å²) in [6, 6.07) is 13.3. The first kappa shape index (κ1) is 25.5. The predicted octanol–water partition coefficient (Wildman–Crippen LogP) is 6.90. The van der Waals surface area contributed by atoms with Gasteiger partial charge in [-0.15, -0.1) is 71.0 Å². The molecule has 0 amide bonds. The van der Waals surface area contributed by atoms with Crippen molar-refractivity contribution >= 4 is 41.8 Å². The first-order valence-electron chi connectivity index (χ1n) is 7.59. The van der Waals surface area contributed by atoms with E-state index >= 15 is 0 Å². The molecule has 128 valence electrons. The fraction of sp³-hybridized carbons (Fsp3) is 0.500. The van der Waals surface area contributed by atoms with E-state index in [0.717, 1.165) is 5.92 Å². The van der Waals surface area contributed by atoms with Gasteiger partial charge in [0, 0.05) is 0 Å². The summed E-state index contributed by atoms with van der Waals surface area (Å²) >= 11 is 2.27. The van der Waals surface area contributed by atoms with Crippen LogP contribution in [0.25, 0.3) is 16.5 Å². The number of hydrogen-bond acceptors (Lipinski definition) is 0. The van der Waals surface area contributed by atoms with Crippen molar-refractivity contribution in [3.63, 3.8) is 0 Å². The van der Waals surface area contributed by atoms with Crippen LogP contribution in [0.3, 0.4) is 0 Å². The second-order valence-corrected chi connectivity index (χ2v) is 13.6. The molecule has 1 saturated carbocycles. The number of halogens is 2. The molecule has 0 heterocycles. The zero-order chi connectivity index (χ0) is 16.0. The predicted molar refractivity (Wildman–Crippen MR) is 108 cm³/mol. The molecule has 0 aromatic heterocycles. The zero-order valence-corrected chi connectivity index (χ0v) is 19.0. The Morgan fingerprint density at radius 2 is 1.57 bits per heavy atom. The molecule has 0 unspecified atom stereocenters. The minimum Gasteiger partial charge on any atom is -0.165 e. The van der Waals surface area contributed by atoms with Crippen LogP contribution >= 0.6 is 24.8 Å². The third-order valence-electron chi connectivity index (χ3n) is 2.69. The van der Waals surface area contributed by atoms with E-state index in [-0.39, 0.29) is 36.5 Å². The molecule has 1 nitrogen and oxygen atoms in total. The Morgan fingerprint density at radius 3 is 1.96 bits per heavy atom. The molecule has 0 radical (unpaired) electrons.